The highest BCUT2D eigenvalue weighted by Gasteiger charge is 2.28. The summed E-state index contributed by atoms with van der Waals surface area (Å²) in [5.74, 6) is 0. The molecule has 0 aliphatic carbocycles. The van der Waals surface area contributed by atoms with Gasteiger partial charge in [-0.05, 0) is 38.5 Å². The van der Waals surface area contributed by atoms with E-state index in [-0.39, 0.29) is 24.8 Å². The van der Waals surface area contributed by atoms with Crippen molar-refractivity contribution in [3.63, 3.8) is 0 Å². The molecule has 0 N–H and O–H groups in total. The van der Waals surface area contributed by atoms with E-state index in [0.29, 0.717) is 0 Å². The van der Waals surface area contributed by atoms with Crippen LogP contribution in [-0.4, -0.2) is 48.2 Å². The summed E-state index contributed by atoms with van der Waals surface area (Å²) in [5.41, 5.74) is 3.11. The van der Waals surface area contributed by atoms with Crippen LogP contribution in [0.5, 0.6) is 0 Å². The Morgan fingerprint density at radius 3 is 0.750 bits per heavy atom. The second kappa shape index (κ2) is 22.7. The lowest BCUT2D eigenvalue weighted by atomic mass is 10.1. The van der Waals surface area contributed by atoms with E-state index in [0.717, 1.165) is 0 Å². The molecule has 36 heavy (non-hydrogen) atoms. The van der Waals surface area contributed by atoms with Gasteiger partial charge in [0.25, 0.3) is 0 Å². The molecule has 0 amide bonds. The first-order valence-corrected chi connectivity index (χ1v) is 15.3. The predicted molar refractivity (Wildman–Crippen MR) is 153 cm³/mol. The molecule has 0 radical (unpaired) electrons. The van der Waals surface area contributed by atoms with Crippen molar-refractivity contribution < 1.29 is 33.8 Å². The molecule has 0 aliphatic heterocycles. The first-order valence-electron chi connectivity index (χ1n) is 15.3. The van der Waals surface area contributed by atoms with E-state index in [9.17, 15) is 0 Å². The van der Waals surface area contributed by atoms with Crippen molar-refractivity contribution >= 4 is 0 Å². The molecule has 4 heteroatoms. The maximum atomic E-state index is 2.49. The monoisotopic (exact) mass is 544 g/mol. The van der Waals surface area contributed by atoms with Gasteiger partial charge >= 0.3 is 0 Å². The van der Waals surface area contributed by atoms with Gasteiger partial charge in [-0.25, -0.2) is 0 Å². The Kier molecular flexibility index (Phi) is 23.9. The number of unbranched alkanes of at least 4 members (excludes halogenated alkanes) is 6. The fraction of sp³-hybridized carbons (Fsp3) is 0.812. The third-order valence-corrected chi connectivity index (χ3v) is 7.97. The summed E-state index contributed by atoms with van der Waals surface area (Å²) in [4.78, 5) is 0. The average molecular weight is 546 g/mol. The number of hydrogen-bond donors (Lipinski definition) is 0. The maximum Gasteiger partial charge on any atom is 0.104 e. The highest BCUT2D eigenvalue weighted by molar-refractivity contribution is 5.21. The van der Waals surface area contributed by atoms with E-state index in [1.165, 1.54) is 138 Å². The average Bonchev–Trinajstić information content (AvgIpc) is 2.86. The number of halogens is 2. The van der Waals surface area contributed by atoms with Crippen LogP contribution in [0, 0.1) is 0 Å². The second-order valence-corrected chi connectivity index (χ2v) is 11.3. The highest BCUT2D eigenvalue weighted by atomic mass is 35.5. The quantitative estimate of drug-likeness (QED) is 0.197. The lowest BCUT2D eigenvalue weighted by Gasteiger charge is -2.40. The Bertz CT molecular complexity index is 506. The van der Waals surface area contributed by atoms with Crippen molar-refractivity contribution in [1.82, 2.24) is 0 Å². The van der Waals surface area contributed by atoms with Crippen molar-refractivity contribution in [2.75, 3.05) is 39.3 Å². The van der Waals surface area contributed by atoms with Crippen LogP contribution in [0.3, 0.4) is 0 Å². The van der Waals surface area contributed by atoms with Gasteiger partial charge in [0.1, 0.15) is 13.1 Å². The molecule has 0 aliphatic rings. The molecule has 0 heterocycles. The van der Waals surface area contributed by atoms with E-state index < -0.39 is 0 Å². The van der Waals surface area contributed by atoms with Gasteiger partial charge in [0.2, 0.25) is 0 Å². The van der Waals surface area contributed by atoms with Crippen molar-refractivity contribution in [1.29, 1.82) is 0 Å². The van der Waals surface area contributed by atoms with Crippen LogP contribution in [0.4, 0.5) is 0 Å². The van der Waals surface area contributed by atoms with Crippen LogP contribution in [0.1, 0.15) is 130 Å². The van der Waals surface area contributed by atoms with Gasteiger partial charge in [-0.1, -0.05) is 104 Å². The van der Waals surface area contributed by atoms with E-state index in [4.69, 9.17) is 0 Å². The SMILES string of the molecule is CCCC[N+](CCCC)(CCCC)Cc1ccc(C[N+](CCCC)(CCCC)CCCC)cc1.[Cl-].[Cl-]. The summed E-state index contributed by atoms with van der Waals surface area (Å²) in [6.07, 6.45) is 16.0. The summed E-state index contributed by atoms with van der Waals surface area (Å²) >= 11 is 0. The fourth-order valence-electron chi connectivity index (χ4n) is 5.63. The van der Waals surface area contributed by atoms with Gasteiger partial charge in [-0.3, -0.25) is 0 Å². The summed E-state index contributed by atoms with van der Waals surface area (Å²) in [6, 6.07) is 9.95. The minimum absolute atomic E-state index is 0. The number of rotatable bonds is 22. The van der Waals surface area contributed by atoms with Crippen LogP contribution in [0.25, 0.3) is 0 Å². The molecule has 0 atom stereocenters. The molecular formula is C32H62Cl2N2. The van der Waals surface area contributed by atoms with Gasteiger partial charge in [0.15, 0.2) is 0 Å². The molecule has 1 rings (SSSR count). The maximum absolute atomic E-state index is 2.49. The zero-order valence-electron chi connectivity index (χ0n) is 25.1. The summed E-state index contributed by atoms with van der Waals surface area (Å²) < 4.78 is 2.61. The normalized spacial score (nSPS) is 11.7. The van der Waals surface area contributed by atoms with E-state index in [2.05, 4.69) is 65.8 Å². The molecule has 0 aromatic heterocycles. The molecular weight excluding hydrogens is 483 g/mol. The zero-order chi connectivity index (χ0) is 25.1. The molecule has 0 unspecified atom stereocenters. The third kappa shape index (κ3) is 14.6. The molecule has 0 fully saturated rings. The van der Waals surface area contributed by atoms with Gasteiger partial charge in [0, 0.05) is 11.1 Å². The number of quaternary nitrogens is 2. The second-order valence-electron chi connectivity index (χ2n) is 11.3. The fourth-order valence-corrected chi connectivity index (χ4v) is 5.63. The molecule has 214 valence electrons. The first kappa shape index (κ1) is 37.9. The number of benzene rings is 1. The van der Waals surface area contributed by atoms with E-state index in [1.807, 2.05) is 0 Å². The topological polar surface area (TPSA) is 0 Å². The minimum atomic E-state index is 0. The molecule has 2 nitrogen and oxygen atoms in total. The van der Waals surface area contributed by atoms with Crippen molar-refractivity contribution in [2.45, 2.75) is 132 Å². The van der Waals surface area contributed by atoms with Crippen molar-refractivity contribution in [2.24, 2.45) is 0 Å². The summed E-state index contributed by atoms with van der Waals surface area (Å²) in [5, 5.41) is 0. The highest BCUT2D eigenvalue weighted by Crippen LogP contribution is 2.23. The molecule has 1 aromatic rings. The third-order valence-electron chi connectivity index (χ3n) is 7.97. The first-order chi connectivity index (χ1) is 16.5. The van der Waals surface area contributed by atoms with Crippen molar-refractivity contribution in [3.05, 3.63) is 35.4 Å². The van der Waals surface area contributed by atoms with Gasteiger partial charge in [-0.15, -0.1) is 0 Å². The Hall–Kier alpha value is -0.280. The van der Waals surface area contributed by atoms with E-state index in [1.54, 1.807) is 11.1 Å². The van der Waals surface area contributed by atoms with Gasteiger partial charge in [0.05, 0.1) is 39.3 Å². The van der Waals surface area contributed by atoms with Crippen molar-refractivity contribution in [3.8, 4) is 0 Å². The number of nitrogens with zero attached hydrogens (tertiary/aromatic N) is 2. The Morgan fingerprint density at radius 2 is 0.583 bits per heavy atom. The summed E-state index contributed by atoms with van der Waals surface area (Å²) in [7, 11) is 0. The van der Waals surface area contributed by atoms with Crippen LogP contribution in [0.2, 0.25) is 0 Å². The minimum Gasteiger partial charge on any atom is -1.00 e. The molecule has 0 bridgehead atoms. The summed E-state index contributed by atoms with van der Waals surface area (Å²) in [6.45, 7) is 24.7. The lowest BCUT2D eigenvalue weighted by Crippen LogP contribution is -3.00. The lowest BCUT2D eigenvalue weighted by molar-refractivity contribution is -0.941. The van der Waals surface area contributed by atoms with Gasteiger partial charge in [-0.2, -0.15) is 0 Å². The number of hydrogen-bond acceptors (Lipinski definition) is 0. The largest absolute Gasteiger partial charge is 1.00 e. The molecule has 0 saturated carbocycles. The standard InChI is InChI=1S/C32H62N2.2ClH/c1-7-13-23-33(24-14-8-2,25-15-9-3)29-31-19-21-32(22-20-31)30-34(26-16-10-4,27-17-11-5)28-18-12-6;;/h19-22H,7-18,23-30H2,1-6H3;2*1H/q+2;;/p-2. The molecule has 0 spiro atoms. The molecule has 1 aromatic carbocycles. The molecule has 0 saturated heterocycles. The predicted octanol–water partition coefficient (Wildman–Crippen LogP) is 3.13. The van der Waals surface area contributed by atoms with Crippen LogP contribution in [0.15, 0.2) is 24.3 Å². The van der Waals surface area contributed by atoms with Crippen LogP contribution < -0.4 is 24.8 Å². The Balaban J connectivity index is 0. The zero-order valence-corrected chi connectivity index (χ0v) is 26.6. The van der Waals surface area contributed by atoms with Crippen LogP contribution in [-0.2, 0) is 13.1 Å². The van der Waals surface area contributed by atoms with Gasteiger partial charge < -0.3 is 33.8 Å². The smallest absolute Gasteiger partial charge is 0.104 e. The Labute approximate surface area is 239 Å². The Morgan fingerprint density at radius 1 is 0.389 bits per heavy atom. The van der Waals surface area contributed by atoms with Crippen LogP contribution >= 0.6 is 0 Å². The van der Waals surface area contributed by atoms with E-state index >= 15 is 0 Å².